The number of nitrogens with one attached hydrogen (secondary N) is 2. The Labute approximate surface area is 121 Å². The third kappa shape index (κ3) is 2.22. The number of aryl methyl sites for hydroxylation is 1. The molecule has 1 amide bonds. The average molecular weight is 285 g/mol. The van der Waals surface area contributed by atoms with Crippen molar-refractivity contribution in [2.24, 2.45) is 0 Å². The Morgan fingerprint density at radius 3 is 2.95 bits per heavy atom. The quantitative estimate of drug-likeness (QED) is 0.908. The molecule has 2 aliphatic rings. The largest absolute Gasteiger partial charge is 0.352 e. The van der Waals surface area contributed by atoms with Gasteiger partial charge in [-0.3, -0.25) is 9.89 Å². The van der Waals surface area contributed by atoms with Crippen molar-refractivity contribution in [2.45, 2.75) is 37.1 Å². The molecule has 0 spiro atoms. The fourth-order valence-electron chi connectivity index (χ4n) is 3.24. The van der Waals surface area contributed by atoms with E-state index in [0.29, 0.717) is 5.92 Å². The SMILES string of the molecule is O=C(N[C@@H]1C[C@H]1c1ccc(F)cc1)C1CCc2cn[nH]c21. The van der Waals surface area contributed by atoms with Crippen molar-refractivity contribution in [1.29, 1.82) is 0 Å². The summed E-state index contributed by atoms with van der Waals surface area (Å²) in [7, 11) is 0. The summed E-state index contributed by atoms with van der Waals surface area (Å²) in [5, 5.41) is 10.0. The number of H-pyrrole nitrogens is 1. The fraction of sp³-hybridized carbons (Fsp3) is 0.375. The minimum absolute atomic E-state index is 0.0765. The van der Waals surface area contributed by atoms with E-state index in [1.54, 1.807) is 18.3 Å². The summed E-state index contributed by atoms with van der Waals surface area (Å²) in [5.74, 6) is 0.0690. The zero-order valence-electron chi connectivity index (χ0n) is 11.5. The van der Waals surface area contributed by atoms with Gasteiger partial charge in [0, 0.05) is 12.0 Å². The standard InChI is InChI=1S/C16H16FN3O/c17-11-4-1-9(2-5-11)13-7-14(13)19-16(21)12-6-3-10-8-18-20-15(10)12/h1-2,4-5,8,12-14H,3,6-7H2,(H,18,20)(H,19,21)/t12?,13-,14+/m0/s1. The Balaban J connectivity index is 1.40. The van der Waals surface area contributed by atoms with Gasteiger partial charge in [0.05, 0.1) is 17.8 Å². The molecule has 1 fully saturated rings. The van der Waals surface area contributed by atoms with Gasteiger partial charge in [-0.25, -0.2) is 4.39 Å². The molecule has 4 rings (SSSR count). The predicted octanol–water partition coefficient (Wildman–Crippen LogP) is 2.25. The number of aromatic nitrogens is 2. The highest BCUT2D eigenvalue weighted by Gasteiger charge is 2.41. The van der Waals surface area contributed by atoms with E-state index in [4.69, 9.17) is 0 Å². The summed E-state index contributed by atoms with van der Waals surface area (Å²) in [4.78, 5) is 12.4. The highest BCUT2D eigenvalue weighted by molar-refractivity contribution is 5.85. The molecule has 3 atom stereocenters. The second-order valence-electron chi connectivity index (χ2n) is 5.91. The molecule has 1 aromatic carbocycles. The van der Waals surface area contributed by atoms with Gasteiger partial charge in [0.1, 0.15) is 5.82 Å². The minimum atomic E-state index is -0.224. The molecule has 108 valence electrons. The molecular weight excluding hydrogens is 269 g/mol. The number of rotatable bonds is 3. The molecule has 5 heteroatoms. The Morgan fingerprint density at radius 2 is 2.14 bits per heavy atom. The molecule has 2 N–H and O–H groups in total. The van der Waals surface area contributed by atoms with Gasteiger partial charge in [0.2, 0.25) is 5.91 Å². The maximum atomic E-state index is 12.9. The fourth-order valence-corrected chi connectivity index (χ4v) is 3.24. The maximum Gasteiger partial charge on any atom is 0.229 e. The van der Waals surface area contributed by atoms with E-state index < -0.39 is 0 Å². The lowest BCUT2D eigenvalue weighted by molar-refractivity contribution is -0.122. The van der Waals surface area contributed by atoms with Gasteiger partial charge in [-0.1, -0.05) is 12.1 Å². The Morgan fingerprint density at radius 1 is 1.33 bits per heavy atom. The Bertz CT molecular complexity index is 679. The minimum Gasteiger partial charge on any atom is -0.352 e. The van der Waals surface area contributed by atoms with E-state index >= 15 is 0 Å². The van der Waals surface area contributed by atoms with Crippen molar-refractivity contribution < 1.29 is 9.18 Å². The number of nitrogens with zero attached hydrogens (tertiary/aromatic N) is 1. The van der Waals surface area contributed by atoms with Crippen molar-refractivity contribution in [3.05, 3.63) is 53.1 Å². The Hall–Kier alpha value is -2.17. The van der Waals surface area contributed by atoms with Crippen LogP contribution in [0.1, 0.15) is 41.5 Å². The summed E-state index contributed by atoms with van der Waals surface area (Å²) in [6.45, 7) is 0. The highest BCUT2D eigenvalue weighted by atomic mass is 19.1. The third-order valence-electron chi connectivity index (χ3n) is 4.53. The topological polar surface area (TPSA) is 57.8 Å². The summed E-state index contributed by atoms with van der Waals surface area (Å²) in [6.07, 6.45) is 4.50. The van der Waals surface area contributed by atoms with E-state index in [-0.39, 0.29) is 23.7 Å². The molecule has 1 unspecified atom stereocenters. The van der Waals surface area contributed by atoms with E-state index in [1.807, 2.05) is 0 Å². The van der Waals surface area contributed by atoms with Crippen LogP contribution in [-0.2, 0) is 11.2 Å². The average Bonchev–Trinajstić information content (AvgIpc) is 2.91. The lowest BCUT2D eigenvalue weighted by Gasteiger charge is -2.10. The number of aromatic amines is 1. The molecule has 2 aromatic rings. The maximum absolute atomic E-state index is 12.9. The summed E-state index contributed by atoms with van der Waals surface area (Å²) >= 11 is 0. The van der Waals surface area contributed by atoms with Gasteiger partial charge in [0.25, 0.3) is 0 Å². The molecule has 0 bridgehead atoms. The van der Waals surface area contributed by atoms with E-state index in [0.717, 1.165) is 36.1 Å². The van der Waals surface area contributed by atoms with Crippen LogP contribution < -0.4 is 5.32 Å². The van der Waals surface area contributed by atoms with Crippen molar-refractivity contribution in [3.63, 3.8) is 0 Å². The summed E-state index contributed by atoms with van der Waals surface area (Å²) < 4.78 is 12.9. The zero-order valence-corrected chi connectivity index (χ0v) is 11.5. The Kier molecular flexibility index (Phi) is 2.80. The van der Waals surface area contributed by atoms with Gasteiger partial charge >= 0.3 is 0 Å². The first-order valence-corrected chi connectivity index (χ1v) is 7.30. The number of hydrogen-bond donors (Lipinski definition) is 2. The summed E-state index contributed by atoms with van der Waals surface area (Å²) in [6, 6.07) is 6.72. The zero-order chi connectivity index (χ0) is 14.4. The lowest BCUT2D eigenvalue weighted by Crippen LogP contribution is -2.31. The molecule has 1 aromatic heterocycles. The first-order chi connectivity index (χ1) is 10.2. The van der Waals surface area contributed by atoms with Gasteiger partial charge in [-0.05, 0) is 42.5 Å². The monoisotopic (exact) mass is 285 g/mol. The van der Waals surface area contributed by atoms with Gasteiger partial charge < -0.3 is 5.32 Å². The lowest BCUT2D eigenvalue weighted by atomic mass is 10.1. The van der Waals surface area contributed by atoms with Crippen LogP contribution in [0.4, 0.5) is 4.39 Å². The van der Waals surface area contributed by atoms with Crippen LogP contribution in [0.5, 0.6) is 0 Å². The van der Waals surface area contributed by atoms with Crippen LogP contribution in [-0.4, -0.2) is 22.1 Å². The number of amides is 1. The molecule has 4 nitrogen and oxygen atoms in total. The van der Waals surface area contributed by atoms with Gasteiger partial charge in [-0.2, -0.15) is 5.10 Å². The van der Waals surface area contributed by atoms with Crippen LogP contribution in [0, 0.1) is 5.82 Å². The van der Waals surface area contributed by atoms with Crippen LogP contribution in [0.25, 0.3) is 0 Å². The van der Waals surface area contributed by atoms with Crippen molar-refractivity contribution in [3.8, 4) is 0 Å². The number of halogens is 1. The number of carbonyl (C=O) groups is 1. The molecule has 0 saturated heterocycles. The van der Waals surface area contributed by atoms with Gasteiger partial charge in [0.15, 0.2) is 0 Å². The normalized spacial score (nSPS) is 26.4. The van der Waals surface area contributed by atoms with E-state index in [2.05, 4.69) is 15.5 Å². The number of carbonyl (C=O) groups excluding carboxylic acids is 1. The molecule has 2 aliphatic carbocycles. The van der Waals surface area contributed by atoms with Crippen LogP contribution in [0.3, 0.4) is 0 Å². The smallest absolute Gasteiger partial charge is 0.229 e. The number of fused-ring (bicyclic) bond motifs is 1. The first kappa shape index (κ1) is 12.6. The molecule has 21 heavy (non-hydrogen) atoms. The van der Waals surface area contributed by atoms with Crippen molar-refractivity contribution in [2.75, 3.05) is 0 Å². The van der Waals surface area contributed by atoms with Crippen molar-refractivity contribution in [1.82, 2.24) is 15.5 Å². The predicted molar refractivity (Wildman–Crippen MR) is 75.3 cm³/mol. The molecule has 0 aliphatic heterocycles. The van der Waals surface area contributed by atoms with Crippen LogP contribution in [0.2, 0.25) is 0 Å². The van der Waals surface area contributed by atoms with Crippen LogP contribution >= 0.6 is 0 Å². The first-order valence-electron chi connectivity index (χ1n) is 7.30. The molecule has 0 radical (unpaired) electrons. The third-order valence-corrected chi connectivity index (χ3v) is 4.53. The number of benzene rings is 1. The van der Waals surface area contributed by atoms with E-state index in [1.165, 1.54) is 12.1 Å². The second-order valence-corrected chi connectivity index (χ2v) is 5.91. The molecular formula is C16H16FN3O. The van der Waals surface area contributed by atoms with Crippen molar-refractivity contribution >= 4 is 5.91 Å². The highest BCUT2D eigenvalue weighted by Crippen LogP contribution is 2.41. The van der Waals surface area contributed by atoms with Crippen LogP contribution in [0.15, 0.2) is 30.5 Å². The molecule has 1 saturated carbocycles. The number of hydrogen-bond acceptors (Lipinski definition) is 2. The van der Waals surface area contributed by atoms with Gasteiger partial charge in [-0.15, -0.1) is 0 Å². The second kappa shape index (κ2) is 4.69. The summed E-state index contributed by atoms with van der Waals surface area (Å²) in [5.41, 5.74) is 3.21. The van der Waals surface area contributed by atoms with E-state index in [9.17, 15) is 9.18 Å². The molecule has 1 heterocycles.